The lowest BCUT2D eigenvalue weighted by Crippen LogP contribution is -2.16. The van der Waals surface area contributed by atoms with Crippen LogP contribution in [0.25, 0.3) is 0 Å². The Morgan fingerprint density at radius 1 is 1.56 bits per heavy atom. The zero-order valence-corrected chi connectivity index (χ0v) is 10.5. The molecule has 1 aromatic rings. The Hall–Kier alpha value is -1.20. The van der Waals surface area contributed by atoms with Crippen LogP contribution in [0.2, 0.25) is 0 Å². The first-order chi connectivity index (χ1) is 7.59. The minimum atomic E-state index is 0.291. The normalized spacial score (nSPS) is 10.4. The van der Waals surface area contributed by atoms with E-state index in [0.717, 1.165) is 18.7 Å². The van der Waals surface area contributed by atoms with Crippen LogP contribution in [0.3, 0.4) is 0 Å². The Balaban J connectivity index is 2.42. The van der Waals surface area contributed by atoms with E-state index in [0.29, 0.717) is 17.3 Å². The van der Waals surface area contributed by atoms with E-state index in [1.54, 1.807) is 18.3 Å². The Bertz CT molecular complexity index is 355. The molecular weight excluding hydrogens is 222 g/mol. The van der Waals surface area contributed by atoms with Crippen molar-refractivity contribution in [3.05, 3.63) is 24.0 Å². The molecule has 4 nitrogen and oxygen atoms in total. The number of hydrogen-bond acceptors (Lipinski definition) is 4. The number of pyridine rings is 1. The molecule has 0 aromatic carbocycles. The van der Waals surface area contributed by atoms with Gasteiger partial charge in [0.25, 0.3) is 0 Å². The highest BCUT2D eigenvalue weighted by molar-refractivity contribution is 7.80. The van der Waals surface area contributed by atoms with Gasteiger partial charge in [-0.15, -0.1) is 0 Å². The fraction of sp³-hybridized carbons (Fsp3) is 0.455. The van der Waals surface area contributed by atoms with Crippen LogP contribution in [0.15, 0.2) is 18.3 Å². The van der Waals surface area contributed by atoms with Crippen molar-refractivity contribution in [1.82, 2.24) is 9.88 Å². The van der Waals surface area contributed by atoms with Crippen LogP contribution >= 0.6 is 12.2 Å². The van der Waals surface area contributed by atoms with Crippen molar-refractivity contribution in [2.24, 2.45) is 5.73 Å². The fourth-order valence-electron chi connectivity index (χ4n) is 1.21. The zero-order chi connectivity index (χ0) is 12.0. The van der Waals surface area contributed by atoms with Crippen LogP contribution in [-0.2, 0) is 0 Å². The van der Waals surface area contributed by atoms with E-state index in [4.69, 9.17) is 22.7 Å². The third-order valence-electron chi connectivity index (χ3n) is 2.00. The molecule has 0 saturated carbocycles. The van der Waals surface area contributed by atoms with Gasteiger partial charge >= 0.3 is 0 Å². The molecule has 5 heteroatoms. The van der Waals surface area contributed by atoms with Crippen molar-refractivity contribution in [3.8, 4) is 5.75 Å². The molecule has 0 fully saturated rings. The summed E-state index contributed by atoms with van der Waals surface area (Å²) in [5.74, 6) is 0.761. The molecule has 0 spiro atoms. The maximum absolute atomic E-state index is 5.57. The quantitative estimate of drug-likeness (QED) is 0.594. The Morgan fingerprint density at radius 2 is 2.31 bits per heavy atom. The largest absolute Gasteiger partial charge is 0.493 e. The zero-order valence-electron chi connectivity index (χ0n) is 9.64. The van der Waals surface area contributed by atoms with Gasteiger partial charge in [0.05, 0.1) is 6.61 Å². The summed E-state index contributed by atoms with van der Waals surface area (Å²) in [7, 11) is 4.08. The Morgan fingerprint density at radius 3 is 2.94 bits per heavy atom. The molecule has 0 amide bonds. The molecule has 0 unspecified atom stereocenters. The van der Waals surface area contributed by atoms with Gasteiger partial charge in [0.15, 0.2) is 0 Å². The van der Waals surface area contributed by atoms with Gasteiger partial charge in [-0.05, 0) is 26.6 Å². The predicted molar refractivity (Wildman–Crippen MR) is 68.8 cm³/mol. The van der Waals surface area contributed by atoms with Crippen molar-refractivity contribution < 1.29 is 4.74 Å². The second-order valence-corrected chi connectivity index (χ2v) is 4.19. The molecule has 0 aliphatic heterocycles. The SMILES string of the molecule is CN(C)CCCOc1ccnc(C(N)=S)c1. The Labute approximate surface area is 101 Å². The molecule has 0 saturated heterocycles. The topological polar surface area (TPSA) is 51.4 Å². The maximum atomic E-state index is 5.57. The van der Waals surface area contributed by atoms with Crippen LogP contribution in [0.5, 0.6) is 5.75 Å². The number of hydrogen-bond donors (Lipinski definition) is 1. The molecule has 1 aromatic heterocycles. The maximum Gasteiger partial charge on any atom is 0.123 e. The second kappa shape index (κ2) is 6.40. The highest BCUT2D eigenvalue weighted by Crippen LogP contribution is 2.11. The monoisotopic (exact) mass is 239 g/mol. The standard InChI is InChI=1S/C11H17N3OS/c1-14(2)6-3-7-15-9-4-5-13-10(8-9)11(12)16/h4-5,8H,3,6-7H2,1-2H3,(H2,12,16). The molecule has 16 heavy (non-hydrogen) atoms. The number of rotatable bonds is 6. The van der Waals surface area contributed by atoms with Crippen LogP contribution in [-0.4, -0.2) is 42.1 Å². The van der Waals surface area contributed by atoms with Gasteiger partial charge in [-0.25, -0.2) is 0 Å². The van der Waals surface area contributed by atoms with Crippen LogP contribution in [0.4, 0.5) is 0 Å². The summed E-state index contributed by atoms with van der Waals surface area (Å²) in [6.07, 6.45) is 2.63. The van der Waals surface area contributed by atoms with E-state index in [9.17, 15) is 0 Å². The van der Waals surface area contributed by atoms with E-state index >= 15 is 0 Å². The lowest BCUT2D eigenvalue weighted by Gasteiger charge is -2.10. The van der Waals surface area contributed by atoms with Gasteiger partial charge in [-0.3, -0.25) is 4.98 Å². The van der Waals surface area contributed by atoms with Gasteiger partial charge in [0.2, 0.25) is 0 Å². The summed E-state index contributed by atoms with van der Waals surface area (Å²) in [6.45, 7) is 1.69. The first kappa shape index (κ1) is 12.9. The summed E-state index contributed by atoms with van der Waals surface area (Å²) in [5, 5.41) is 0. The molecule has 0 radical (unpaired) electrons. The summed E-state index contributed by atoms with van der Waals surface area (Å²) < 4.78 is 5.57. The minimum Gasteiger partial charge on any atom is -0.493 e. The fourth-order valence-corrected chi connectivity index (χ4v) is 1.32. The summed E-state index contributed by atoms with van der Waals surface area (Å²) >= 11 is 4.84. The lowest BCUT2D eigenvalue weighted by atomic mass is 10.3. The van der Waals surface area contributed by atoms with Gasteiger partial charge in [-0.1, -0.05) is 12.2 Å². The summed E-state index contributed by atoms with van der Waals surface area (Å²) in [5.41, 5.74) is 6.08. The molecule has 1 heterocycles. The average molecular weight is 239 g/mol. The highest BCUT2D eigenvalue weighted by atomic mass is 32.1. The minimum absolute atomic E-state index is 0.291. The number of aromatic nitrogens is 1. The van der Waals surface area contributed by atoms with Gasteiger partial charge < -0.3 is 15.4 Å². The molecule has 1 rings (SSSR count). The van der Waals surface area contributed by atoms with E-state index in [1.165, 1.54) is 0 Å². The highest BCUT2D eigenvalue weighted by Gasteiger charge is 2.00. The van der Waals surface area contributed by atoms with Crippen molar-refractivity contribution in [2.75, 3.05) is 27.2 Å². The predicted octanol–water partition coefficient (Wildman–Crippen LogP) is 1.05. The average Bonchev–Trinajstić information content (AvgIpc) is 2.24. The van der Waals surface area contributed by atoms with E-state index in [-0.39, 0.29) is 0 Å². The second-order valence-electron chi connectivity index (χ2n) is 3.75. The first-order valence-electron chi connectivity index (χ1n) is 5.13. The molecular formula is C11H17N3OS. The van der Waals surface area contributed by atoms with Gasteiger partial charge in [-0.2, -0.15) is 0 Å². The summed E-state index contributed by atoms with van der Waals surface area (Å²) in [4.78, 5) is 6.45. The van der Waals surface area contributed by atoms with E-state index in [2.05, 4.69) is 9.88 Å². The molecule has 0 aliphatic rings. The van der Waals surface area contributed by atoms with Crippen molar-refractivity contribution in [1.29, 1.82) is 0 Å². The molecule has 2 N–H and O–H groups in total. The van der Waals surface area contributed by atoms with Crippen molar-refractivity contribution >= 4 is 17.2 Å². The summed E-state index contributed by atoms with van der Waals surface area (Å²) in [6, 6.07) is 3.56. The van der Waals surface area contributed by atoms with Crippen LogP contribution < -0.4 is 10.5 Å². The number of nitrogens with two attached hydrogens (primary N) is 1. The van der Waals surface area contributed by atoms with Crippen LogP contribution in [0, 0.1) is 0 Å². The first-order valence-corrected chi connectivity index (χ1v) is 5.54. The van der Waals surface area contributed by atoms with E-state index < -0.39 is 0 Å². The molecule has 0 aliphatic carbocycles. The van der Waals surface area contributed by atoms with Gasteiger partial charge in [0, 0.05) is 18.8 Å². The smallest absolute Gasteiger partial charge is 0.123 e. The van der Waals surface area contributed by atoms with Crippen molar-refractivity contribution in [2.45, 2.75) is 6.42 Å². The Kier molecular flexibility index (Phi) is 5.14. The third kappa shape index (κ3) is 4.55. The number of thiocarbonyl (C=S) groups is 1. The van der Waals surface area contributed by atoms with Gasteiger partial charge in [0.1, 0.15) is 16.4 Å². The third-order valence-corrected chi connectivity index (χ3v) is 2.21. The number of nitrogens with zero attached hydrogens (tertiary/aromatic N) is 2. The molecule has 88 valence electrons. The van der Waals surface area contributed by atoms with E-state index in [1.807, 2.05) is 14.1 Å². The molecule has 0 atom stereocenters. The lowest BCUT2D eigenvalue weighted by molar-refractivity contribution is 0.281. The van der Waals surface area contributed by atoms with Crippen LogP contribution in [0.1, 0.15) is 12.1 Å². The van der Waals surface area contributed by atoms with Crippen molar-refractivity contribution in [3.63, 3.8) is 0 Å². The molecule has 0 bridgehead atoms. The number of ether oxygens (including phenoxy) is 1.